The summed E-state index contributed by atoms with van der Waals surface area (Å²) in [5, 5.41) is 1.47. The van der Waals surface area contributed by atoms with Crippen LogP contribution in [0.3, 0.4) is 0 Å². The van der Waals surface area contributed by atoms with Crippen LogP contribution in [0.2, 0.25) is 0 Å². The van der Waals surface area contributed by atoms with E-state index in [1.165, 1.54) is 29.3 Å². The summed E-state index contributed by atoms with van der Waals surface area (Å²) < 4.78 is 6.49. The van der Waals surface area contributed by atoms with E-state index in [9.17, 15) is 9.59 Å². The fourth-order valence-electron chi connectivity index (χ4n) is 3.51. The van der Waals surface area contributed by atoms with Gasteiger partial charge in [0.1, 0.15) is 4.83 Å². The van der Waals surface area contributed by atoms with Gasteiger partial charge in [-0.25, -0.2) is 9.78 Å². The van der Waals surface area contributed by atoms with E-state index in [1.807, 2.05) is 18.2 Å². The number of hydrogen-bond donors (Lipinski definition) is 0. The van der Waals surface area contributed by atoms with Crippen molar-refractivity contribution in [2.45, 2.75) is 36.7 Å². The summed E-state index contributed by atoms with van der Waals surface area (Å²) in [6.45, 7) is 4.22. The highest BCUT2D eigenvalue weighted by Crippen LogP contribution is 2.36. The van der Waals surface area contributed by atoms with Crippen LogP contribution in [0.5, 0.6) is 0 Å². The lowest BCUT2D eigenvalue weighted by Crippen LogP contribution is -2.22. The van der Waals surface area contributed by atoms with Crippen LogP contribution >= 0.6 is 23.1 Å². The lowest BCUT2D eigenvalue weighted by atomic mass is 10.1. The number of benzene rings is 1. The molecule has 3 aromatic rings. The SMILES string of the molecule is C=CCn1c(SCc2cccc(C(=O)OC)c2)nc2sc3c(c2c1=O)CCC3. The molecular formula is C21H20N2O3S2. The Labute approximate surface area is 171 Å². The maximum absolute atomic E-state index is 13.2. The topological polar surface area (TPSA) is 61.2 Å². The molecule has 1 aliphatic rings. The molecule has 0 radical (unpaired) electrons. The molecule has 1 aromatic carbocycles. The highest BCUT2D eigenvalue weighted by atomic mass is 32.2. The molecule has 1 aliphatic carbocycles. The highest BCUT2D eigenvalue weighted by Gasteiger charge is 2.23. The summed E-state index contributed by atoms with van der Waals surface area (Å²) in [4.78, 5) is 31.9. The molecule has 5 nitrogen and oxygen atoms in total. The number of rotatable bonds is 6. The van der Waals surface area contributed by atoms with E-state index >= 15 is 0 Å². The van der Waals surface area contributed by atoms with Gasteiger partial charge < -0.3 is 4.74 Å². The predicted molar refractivity (Wildman–Crippen MR) is 113 cm³/mol. The van der Waals surface area contributed by atoms with Crippen molar-refractivity contribution in [1.82, 2.24) is 9.55 Å². The zero-order valence-corrected chi connectivity index (χ0v) is 17.2. The molecule has 0 unspecified atom stereocenters. The number of hydrogen-bond acceptors (Lipinski definition) is 6. The molecule has 0 amide bonds. The second-order valence-corrected chi connectivity index (χ2v) is 8.64. The summed E-state index contributed by atoms with van der Waals surface area (Å²) in [6.07, 6.45) is 4.85. The first kappa shape index (κ1) is 19.0. The van der Waals surface area contributed by atoms with Gasteiger partial charge in [-0.2, -0.15) is 0 Å². The average molecular weight is 413 g/mol. The van der Waals surface area contributed by atoms with Crippen molar-refractivity contribution in [3.05, 3.63) is 68.8 Å². The molecule has 0 atom stereocenters. The Hall–Kier alpha value is -2.38. The maximum atomic E-state index is 13.2. The minimum atomic E-state index is -0.358. The summed E-state index contributed by atoms with van der Waals surface area (Å²) in [5.74, 6) is 0.244. The van der Waals surface area contributed by atoms with E-state index in [1.54, 1.807) is 28.0 Å². The van der Waals surface area contributed by atoms with Crippen molar-refractivity contribution in [2.75, 3.05) is 7.11 Å². The van der Waals surface area contributed by atoms with Crippen molar-refractivity contribution < 1.29 is 9.53 Å². The molecule has 0 fully saturated rings. The number of carbonyl (C=O) groups excluding carboxylic acids is 1. The predicted octanol–water partition coefficient (Wildman–Crippen LogP) is 4.21. The molecule has 0 bridgehead atoms. The number of nitrogens with zero attached hydrogens (tertiary/aromatic N) is 2. The van der Waals surface area contributed by atoms with Gasteiger partial charge in [0.2, 0.25) is 0 Å². The smallest absolute Gasteiger partial charge is 0.337 e. The van der Waals surface area contributed by atoms with Crippen LogP contribution < -0.4 is 5.56 Å². The van der Waals surface area contributed by atoms with E-state index in [0.29, 0.717) is 23.0 Å². The minimum absolute atomic E-state index is 0.0233. The van der Waals surface area contributed by atoms with Crippen LogP contribution in [0.25, 0.3) is 10.2 Å². The van der Waals surface area contributed by atoms with Gasteiger partial charge in [-0.1, -0.05) is 30.0 Å². The molecule has 7 heteroatoms. The molecule has 0 N–H and O–H groups in total. The summed E-state index contributed by atoms with van der Waals surface area (Å²) in [7, 11) is 1.37. The molecule has 2 aromatic heterocycles. The monoisotopic (exact) mass is 412 g/mol. The van der Waals surface area contributed by atoms with Gasteiger partial charge in [0.25, 0.3) is 5.56 Å². The van der Waals surface area contributed by atoms with Gasteiger partial charge in [-0.15, -0.1) is 17.9 Å². The van der Waals surface area contributed by atoms with Crippen LogP contribution in [0.15, 0.2) is 46.9 Å². The number of esters is 1. The molecule has 0 aliphatic heterocycles. The third-order valence-electron chi connectivity index (χ3n) is 4.82. The second-order valence-electron chi connectivity index (χ2n) is 6.62. The Morgan fingerprint density at radius 1 is 1.43 bits per heavy atom. The first-order valence-corrected chi connectivity index (χ1v) is 10.9. The van der Waals surface area contributed by atoms with Crippen LogP contribution in [-0.4, -0.2) is 22.6 Å². The van der Waals surface area contributed by atoms with Gasteiger partial charge in [0.15, 0.2) is 5.16 Å². The summed E-state index contributed by atoms with van der Waals surface area (Å²) in [5.41, 5.74) is 2.70. The Morgan fingerprint density at radius 3 is 3.07 bits per heavy atom. The number of aromatic nitrogens is 2. The van der Waals surface area contributed by atoms with Crippen molar-refractivity contribution in [3.63, 3.8) is 0 Å². The van der Waals surface area contributed by atoms with E-state index in [0.717, 1.165) is 35.0 Å². The minimum Gasteiger partial charge on any atom is -0.465 e. The number of thioether (sulfide) groups is 1. The first-order valence-electron chi connectivity index (χ1n) is 9.08. The lowest BCUT2D eigenvalue weighted by molar-refractivity contribution is 0.0600. The Morgan fingerprint density at radius 2 is 2.29 bits per heavy atom. The van der Waals surface area contributed by atoms with E-state index in [4.69, 9.17) is 9.72 Å². The third kappa shape index (κ3) is 3.40. The Kier molecular flexibility index (Phi) is 5.37. The number of allylic oxidation sites excluding steroid dienone is 1. The standard InChI is InChI=1S/C21H20N2O3S2/c1-3-10-23-19(24)17-15-8-5-9-16(15)28-18(17)22-21(23)27-12-13-6-4-7-14(11-13)20(25)26-2/h3-4,6-7,11H,1,5,8-10,12H2,2H3. The maximum Gasteiger partial charge on any atom is 0.337 e. The first-order chi connectivity index (χ1) is 13.6. The lowest BCUT2D eigenvalue weighted by Gasteiger charge is -2.11. The second kappa shape index (κ2) is 7.93. The van der Waals surface area contributed by atoms with Crippen LogP contribution in [0.1, 0.15) is 32.8 Å². The van der Waals surface area contributed by atoms with Gasteiger partial charge in [-0.3, -0.25) is 9.36 Å². The van der Waals surface area contributed by atoms with Crippen LogP contribution in [-0.2, 0) is 29.9 Å². The van der Waals surface area contributed by atoms with Crippen LogP contribution in [0.4, 0.5) is 0 Å². The van der Waals surface area contributed by atoms with Gasteiger partial charge in [-0.05, 0) is 42.5 Å². The van der Waals surface area contributed by atoms with Crippen molar-refractivity contribution in [1.29, 1.82) is 0 Å². The molecule has 0 spiro atoms. The average Bonchev–Trinajstić information content (AvgIpc) is 3.29. The summed E-state index contributed by atoms with van der Waals surface area (Å²) in [6, 6.07) is 7.32. The highest BCUT2D eigenvalue weighted by molar-refractivity contribution is 7.98. The zero-order valence-electron chi connectivity index (χ0n) is 15.6. The van der Waals surface area contributed by atoms with E-state index in [-0.39, 0.29) is 11.5 Å². The fraction of sp³-hybridized carbons (Fsp3) is 0.286. The van der Waals surface area contributed by atoms with E-state index < -0.39 is 0 Å². The quantitative estimate of drug-likeness (QED) is 0.263. The zero-order chi connectivity index (χ0) is 19.7. The molecule has 4 rings (SSSR count). The molecule has 2 heterocycles. The number of aryl methyl sites for hydroxylation is 2. The van der Waals surface area contributed by atoms with Crippen molar-refractivity contribution in [3.8, 4) is 0 Å². The summed E-state index contributed by atoms with van der Waals surface area (Å²) >= 11 is 3.14. The Bertz CT molecular complexity index is 1130. The number of carbonyl (C=O) groups is 1. The number of fused-ring (bicyclic) bond motifs is 3. The normalized spacial score (nSPS) is 12.9. The number of methoxy groups -OCH3 is 1. The number of ether oxygens (including phenoxy) is 1. The molecule has 0 saturated carbocycles. The fourth-order valence-corrected chi connectivity index (χ4v) is 5.77. The molecule has 28 heavy (non-hydrogen) atoms. The Balaban J connectivity index is 1.69. The van der Waals surface area contributed by atoms with Gasteiger partial charge in [0, 0.05) is 17.2 Å². The van der Waals surface area contributed by atoms with Crippen molar-refractivity contribution >= 4 is 39.3 Å². The number of thiophene rings is 1. The van der Waals surface area contributed by atoms with Crippen LogP contribution in [0, 0.1) is 0 Å². The third-order valence-corrected chi connectivity index (χ3v) is 7.05. The van der Waals surface area contributed by atoms with Gasteiger partial charge in [0.05, 0.1) is 18.1 Å². The van der Waals surface area contributed by atoms with Gasteiger partial charge >= 0.3 is 5.97 Å². The molecule has 144 valence electrons. The largest absolute Gasteiger partial charge is 0.465 e. The van der Waals surface area contributed by atoms with E-state index in [2.05, 4.69) is 6.58 Å². The van der Waals surface area contributed by atoms with Crippen molar-refractivity contribution in [2.24, 2.45) is 0 Å². The molecular weight excluding hydrogens is 392 g/mol. The molecule has 0 saturated heterocycles.